The molecule has 1 atom stereocenters. The van der Waals surface area contributed by atoms with E-state index in [9.17, 15) is 5.11 Å². The zero-order valence-corrected chi connectivity index (χ0v) is 14.6. The first-order valence-electron chi connectivity index (χ1n) is 8.05. The second kappa shape index (κ2) is 9.82. The summed E-state index contributed by atoms with van der Waals surface area (Å²) in [5, 5.41) is 10.2. The van der Waals surface area contributed by atoms with Crippen molar-refractivity contribution in [2.24, 2.45) is 5.92 Å². The van der Waals surface area contributed by atoms with Crippen molar-refractivity contribution in [3.63, 3.8) is 0 Å². The molecule has 0 amide bonds. The Kier molecular flexibility index (Phi) is 8.46. The molecular formula is C18H31NO3. The summed E-state index contributed by atoms with van der Waals surface area (Å²) in [6, 6.07) is 8.09. The highest BCUT2D eigenvalue weighted by atomic mass is 16.5. The van der Waals surface area contributed by atoms with Gasteiger partial charge in [-0.15, -0.1) is 0 Å². The number of hydrogen-bond acceptors (Lipinski definition) is 4. The standard InChI is InChI=1S/C18H31NO3/c1-14(2)10-19(12-17(20)13-22-15(3)4)11-16-6-8-18(21-5)9-7-16/h6-9,14-15,17,20H,10-13H2,1-5H3/t17-/m1/s1. The van der Waals surface area contributed by atoms with Crippen molar-refractivity contribution in [3.05, 3.63) is 29.8 Å². The molecule has 0 fully saturated rings. The molecule has 0 aliphatic rings. The van der Waals surface area contributed by atoms with Gasteiger partial charge in [0.25, 0.3) is 0 Å². The smallest absolute Gasteiger partial charge is 0.118 e. The Bertz CT molecular complexity index is 403. The Hall–Kier alpha value is -1.10. The van der Waals surface area contributed by atoms with Gasteiger partial charge in [0, 0.05) is 19.6 Å². The molecule has 1 aromatic rings. The lowest BCUT2D eigenvalue weighted by Gasteiger charge is -2.27. The quantitative estimate of drug-likeness (QED) is 0.721. The molecule has 0 aliphatic heterocycles. The molecule has 1 rings (SSSR count). The van der Waals surface area contributed by atoms with E-state index in [1.54, 1.807) is 7.11 Å². The fourth-order valence-corrected chi connectivity index (χ4v) is 2.36. The molecule has 1 aromatic carbocycles. The van der Waals surface area contributed by atoms with E-state index in [0.717, 1.165) is 18.8 Å². The van der Waals surface area contributed by atoms with Crippen molar-refractivity contribution >= 4 is 0 Å². The highest BCUT2D eigenvalue weighted by molar-refractivity contribution is 5.27. The molecule has 126 valence electrons. The highest BCUT2D eigenvalue weighted by Gasteiger charge is 2.14. The lowest BCUT2D eigenvalue weighted by molar-refractivity contribution is -0.0108. The number of aliphatic hydroxyl groups is 1. The maximum absolute atomic E-state index is 10.2. The van der Waals surface area contributed by atoms with Crippen LogP contribution in [0.1, 0.15) is 33.3 Å². The van der Waals surface area contributed by atoms with E-state index in [0.29, 0.717) is 19.1 Å². The highest BCUT2D eigenvalue weighted by Crippen LogP contribution is 2.14. The molecule has 0 bridgehead atoms. The molecule has 0 heterocycles. The van der Waals surface area contributed by atoms with Gasteiger partial charge in [-0.2, -0.15) is 0 Å². The Balaban J connectivity index is 2.58. The van der Waals surface area contributed by atoms with Gasteiger partial charge in [0.05, 0.1) is 25.9 Å². The molecule has 0 aromatic heterocycles. The van der Waals surface area contributed by atoms with Crippen LogP contribution >= 0.6 is 0 Å². The van der Waals surface area contributed by atoms with Gasteiger partial charge >= 0.3 is 0 Å². The molecule has 22 heavy (non-hydrogen) atoms. The topological polar surface area (TPSA) is 41.9 Å². The van der Waals surface area contributed by atoms with Gasteiger partial charge in [-0.05, 0) is 37.5 Å². The van der Waals surface area contributed by atoms with Crippen LogP contribution in [0, 0.1) is 5.92 Å². The van der Waals surface area contributed by atoms with Crippen LogP contribution in [0.4, 0.5) is 0 Å². The Labute approximate surface area is 135 Å². The lowest BCUT2D eigenvalue weighted by Crippen LogP contribution is -2.37. The third-order valence-electron chi connectivity index (χ3n) is 3.28. The Morgan fingerprint density at radius 1 is 1.05 bits per heavy atom. The minimum atomic E-state index is -0.459. The van der Waals surface area contributed by atoms with Crippen molar-refractivity contribution in [1.82, 2.24) is 4.90 Å². The molecule has 0 spiro atoms. The molecule has 4 heteroatoms. The normalized spacial score (nSPS) is 13.1. The van der Waals surface area contributed by atoms with Crippen molar-refractivity contribution in [3.8, 4) is 5.75 Å². The van der Waals surface area contributed by atoms with Crippen LogP contribution in [-0.2, 0) is 11.3 Å². The maximum atomic E-state index is 10.2. The predicted octanol–water partition coefficient (Wildman–Crippen LogP) is 2.94. The first-order chi connectivity index (χ1) is 10.4. The minimum Gasteiger partial charge on any atom is -0.497 e. The van der Waals surface area contributed by atoms with Crippen LogP contribution in [0.25, 0.3) is 0 Å². The molecule has 4 nitrogen and oxygen atoms in total. The van der Waals surface area contributed by atoms with E-state index in [4.69, 9.17) is 9.47 Å². The van der Waals surface area contributed by atoms with Gasteiger partial charge in [-0.1, -0.05) is 26.0 Å². The zero-order valence-electron chi connectivity index (χ0n) is 14.6. The van der Waals surface area contributed by atoms with Gasteiger partial charge in [0.15, 0.2) is 0 Å². The Morgan fingerprint density at radius 2 is 1.68 bits per heavy atom. The van der Waals surface area contributed by atoms with Gasteiger partial charge < -0.3 is 14.6 Å². The molecule has 0 saturated carbocycles. The first kappa shape index (κ1) is 18.9. The van der Waals surface area contributed by atoms with E-state index < -0.39 is 6.10 Å². The molecular weight excluding hydrogens is 278 g/mol. The fourth-order valence-electron chi connectivity index (χ4n) is 2.36. The summed E-state index contributed by atoms with van der Waals surface area (Å²) < 4.78 is 10.7. The lowest BCUT2D eigenvalue weighted by atomic mass is 10.1. The summed E-state index contributed by atoms with van der Waals surface area (Å²) in [4.78, 5) is 2.28. The fraction of sp³-hybridized carbons (Fsp3) is 0.667. The summed E-state index contributed by atoms with van der Waals surface area (Å²) in [6.07, 6.45) is -0.311. The van der Waals surface area contributed by atoms with E-state index in [-0.39, 0.29) is 6.10 Å². The van der Waals surface area contributed by atoms with Crippen molar-refractivity contribution in [2.45, 2.75) is 46.4 Å². The number of hydrogen-bond donors (Lipinski definition) is 1. The van der Waals surface area contributed by atoms with Crippen molar-refractivity contribution < 1.29 is 14.6 Å². The average molecular weight is 309 g/mol. The third-order valence-corrected chi connectivity index (χ3v) is 3.28. The summed E-state index contributed by atoms with van der Waals surface area (Å²) in [5.41, 5.74) is 1.22. The monoisotopic (exact) mass is 309 g/mol. The maximum Gasteiger partial charge on any atom is 0.118 e. The number of aliphatic hydroxyl groups excluding tert-OH is 1. The van der Waals surface area contributed by atoms with Gasteiger partial charge in [0.2, 0.25) is 0 Å². The van der Waals surface area contributed by atoms with Crippen molar-refractivity contribution in [1.29, 1.82) is 0 Å². The van der Waals surface area contributed by atoms with Crippen LogP contribution in [-0.4, -0.2) is 49.0 Å². The van der Waals surface area contributed by atoms with Gasteiger partial charge in [-0.3, -0.25) is 4.90 Å². The summed E-state index contributed by atoms with van der Waals surface area (Å²) in [7, 11) is 1.67. The summed E-state index contributed by atoms with van der Waals surface area (Å²) >= 11 is 0. The number of ether oxygens (including phenoxy) is 2. The first-order valence-corrected chi connectivity index (χ1v) is 8.05. The van der Waals surface area contributed by atoms with Crippen LogP contribution in [0.15, 0.2) is 24.3 Å². The number of benzene rings is 1. The second-order valence-corrected chi connectivity index (χ2v) is 6.47. The SMILES string of the molecule is COc1ccc(CN(CC(C)C)C[C@@H](O)COC(C)C)cc1. The molecule has 0 aliphatic carbocycles. The second-order valence-electron chi connectivity index (χ2n) is 6.47. The van der Waals surface area contributed by atoms with Crippen LogP contribution < -0.4 is 4.74 Å². The zero-order chi connectivity index (χ0) is 16.5. The molecule has 1 N–H and O–H groups in total. The largest absolute Gasteiger partial charge is 0.497 e. The van der Waals surface area contributed by atoms with E-state index in [1.807, 2.05) is 26.0 Å². The van der Waals surface area contributed by atoms with E-state index in [2.05, 4.69) is 30.9 Å². The van der Waals surface area contributed by atoms with Crippen molar-refractivity contribution in [2.75, 3.05) is 26.8 Å². The predicted molar refractivity (Wildman–Crippen MR) is 90.2 cm³/mol. The number of nitrogens with zero attached hydrogens (tertiary/aromatic N) is 1. The van der Waals surface area contributed by atoms with E-state index in [1.165, 1.54) is 5.56 Å². The number of methoxy groups -OCH3 is 1. The number of rotatable bonds is 10. The van der Waals surface area contributed by atoms with Gasteiger partial charge in [0.1, 0.15) is 5.75 Å². The molecule has 0 unspecified atom stereocenters. The summed E-state index contributed by atoms with van der Waals surface area (Å²) in [6.45, 7) is 11.1. The Morgan fingerprint density at radius 3 is 2.18 bits per heavy atom. The van der Waals surface area contributed by atoms with Crippen LogP contribution in [0.5, 0.6) is 5.75 Å². The van der Waals surface area contributed by atoms with Crippen LogP contribution in [0.3, 0.4) is 0 Å². The average Bonchev–Trinajstić information content (AvgIpc) is 2.45. The molecule has 0 radical (unpaired) electrons. The third kappa shape index (κ3) is 7.78. The van der Waals surface area contributed by atoms with E-state index >= 15 is 0 Å². The van der Waals surface area contributed by atoms with Gasteiger partial charge in [-0.25, -0.2) is 0 Å². The minimum absolute atomic E-state index is 0.148. The molecule has 0 saturated heterocycles. The van der Waals surface area contributed by atoms with Crippen LogP contribution in [0.2, 0.25) is 0 Å². The summed E-state index contributed by atoms with van der Waals surface area (Å²) in [5.74, 6) is 1.42.